The summed E-state index contributed by atoms with van der Waals surface area (Å²) in [6.45, 7) is 5.22. The highest BCUT2D eigenvalue weighted by atomic mass is 32.2. The Morgan fingerprint density at radius 2 is 2.22 bits per heavy atom. The molecule has 18 heavy (non-hydrogen) atoms. The molecule has 0 spiro atoms. The third kappa shape index (κ3) is 3.74. The molecule has 1 aromatic carbocycles. The van der Waals surface area contributed by atoms with Gasteiger partial charge in [0.1, 0.15) is 0 Å². The molecule has 100 valence electrons. The van der Waals surface area contributed by atoms with E-state index in [0.717, 1.165) is 18.1 Å². The molecule has 0 bridgehead atoms. The van der Waals surface area contributed by atoms with Crippen LogP contribution in [0.3, 0.4) is 0 Å². The van der Waals surface area contributed by atoms with E-state index in [4.69, 9.17) is 10.5 Å². The molecule has 0 saturated carbocycles. The molecule has 1 aromatic rings. The van der Waals surface area contributed by atoms with E-state index in [1.807, 2.05) is 11.8 Å². The Balaban J connectivity index is 1.79. The summed E-state index contributed by atoms with van der Waals surface area (Å²) in [5.74, 6) is 2.06. The molecule has 2 unspecified atom stereocenters. The summed E-state index contributed by atoms with van der Waals surface area (Å²) in [7, 11) is 0. The molecule has 0 amide bonds. The maximum atomic E-state index is 6.24. The summed E-state index contributed by atoms with van der Waals surface area (Å²) in [5, 5.41) is 0. The van der Waals surface area contributed by atoms with Crippen LogP contribution in [0.2, 0.25) is 0 Å². The molecule has 2 atom stereocenters. The molecule has 1 aliphatic heterocycles. The predicted molar refractivity (Wildman–Crippen MR) is 79.1 cm³/mol. The maximum absolute atomic E-state index is 6.24. The molecule has 2 N–H and O–H groups in total. The zero-order chi connectivity index (χ0) is 13.0. The molecule has 2 rings (SSSR count). The average Bonchev–Trinajstić information content (AvgIpc) is 2.85. The number of thioether (sulfide) groups is 1. The van der Waals surface area contributed by atoms with Gasteiger partial charge in [0.05, 0.1) is 6.10 Å². The van der Waals surface area contributed by atoms with Crippen molar-refractivity contribution in [1.82, 2.24) is 0 Å². The summed E-state index contributed by atoms with van der Waals surface area (Å²) in [4.78, 5) is 0. The SMILES string of the molecule is Cc1ccc(C(N)CSCC2CCCO2)cc1C. The molecule has 1 saturated heterocycles. The molecule has 1 heterocycles. The first-order chi connectivity index (χ1) is 8.66. The number of nitrogens with two attached hydrogens (primary N) is 1. The van der Waals surface area contributed by atoms with Crippen LogP contribution in [0.4, 0.5) is 0 Å². The van der Waals surface area contributed by atoms with Gasteiger partial charge in [-0.05, 0) is 43.4 Å². The lowest BCUT2D eigenvalue weighted by molar-refractivity contribution is 0.129. The van der Waals surface area contributed by atoms with Crippen LogP contribution in [0.25, 0.3) is 0 Å². The standard InChI is InChI=1S/C15H23NOS/c1-11-5-6-13(8-12(11)2)15(16)10-18-9-14-4-3-7-17-14/h5-6,8,14-15H,3-4,7,9-10,16H2,1-2H3. The van der Waals surface area contributed by atoms with Gasteiger partial charge in [0.15, 0.2) is 0 Å². The molecular formula is C15H23NOS. The van der Waals surface area contributed by atoms with Crippen molar-refractivity contribution < 1.29 is 4.74 Å². The number of hydrogen-bond donors (Lipinski definition) is 1. The van der Waals surface area contributed by atoms with Crippen LogP contribution in [-0.4, -0.2) is 24.2 Å². The highest BCUT2D eigenvalue weighted by Crippen LogP contribution is 2.22. The lowest BCUT2D eigenvalue weighted by Gasteiger charge is -2.15. The van der Waals surface area contributed by atoms with Crippen LogP contribution in [0, 0.1) is 13.8 Å². The van der Waals surface area contributed by atoms with E-state index >= 15 is 0 Å². The average molecular weight is 265 g/mol. The Morgan fingerprint density at radius 1 is 1.39 bits per heavy atom. The van der Waals surface area contributed by atoms with Gasteiger partial charge in [0, 0.05) is 24.2 Å². The van der Waals surface area contributed by atoms with E-state index in [9.17, 15) is 0 Å². The fourth-order valence-electron chi connectivity index (χ4n) is 2.19. The fourth-order valence-corrected chi connectivity index (χ4v) is 3.30. The van der Waals surface area contributed by atoms with Crippen molar-refractivity contribution in [3.8, 4) is 0 Å². The zero-order valence-electron chi connectivity index (χ0n) is 11.3. The third-order valence-electron chi connectivity index (χ3n) is 3.58. The van der Waals surface area contributed by atoms with Gasteiger partial charge < -0.3 is 10.5 Å². The van der Waals surface area contributed by atoms with E-state index < -0.39 is 0 Å². The van der Waals surface area contributed by atoms with E-state index in [1.54, 1.807) is 0 Å². The highest BCUT2D eigenvalue weighted by molar-refractivity contribution is 7.99. The Labute approximate surface area is 114 Å². The van der Waals surface area contributed by atoms with E-state index in [2.05, 4.69) is 32.0 Å². The van der Waals surface area contributed by atoms with Crippen molar-refractivity contribution in [3.63, 3.8) is 0 Å². The van der Waals surface area contributed by atoms with Crippen LogP contribution in [-0.2, 0) is 4.74 Å². The Kier molecular flexibility index (Phi) is 5.10. The summed E-state index contributed by atoms with van der Waals surface area (Å²) in [6.07, 6.45) is 2.89. The van der Waals surface area contributed by atoms with Crippen molar-refractivity contribution in [3.05, 3.63) is 34.9 Å². The van der Waals surface area contributed by atoms with Crippen LogP contribution in [0.15, 0.2) is 18.2 Å². The normalized spacial score (nSPS) is 21.2. The topological polar surface area (TPSA) is 35.2 Å². The van der Waals surface area contributed by atoms with Crippen LogP contribution in [0.1, 0.15) is 35.6 Å². The lowest BCUT2D eigenvalue weighted by Crippen LogP contribution is -2.16. The smallest absolute Gasteiger partial charge is 0.0666 e. The van der Waals surface area contributed by atoms with E-state index in [0.29, 0.717) is 6.10 Å². The minimum Gasteiger partial charge on any atom is -0.377 e. The van der Waals surface area contributed by atoms with E-state index in [-0.39, 0.29) is 6.04 Å². The Hall–Kier alpha value is -0.510. The lowest BCUT2D eigenvalue weighted by atomic mass is 10.0. The minimum atomic E-state index is 0.135. The number of ether oxygens (including phenoxy) is 1. The number of rotatable bonds is 5. The van der Waals surface area contributed by atoms with Crippen molar-refractivity contribution in [2.45, 2.75) is 38.8 Å². The van der Waals surface area contributed by atoms with Gasteiger partial charge in [0.2, 0.25) is 0 Å². The first-order valence-electron chi connectivity index (χ1n) is 6.69. The molecular weight excluding hydrogens is 242 g/mol. The largest absolute Gasteiger partial charge is 0.377 e. The Morgan fingerprint density at radius 3 is 2.89 bits per heavy atom. The third-order valence-corrected chi connectivity index (χ3v) is 4.79. The van der Waals surface area contributed by atoms with Gasteiger partial charge in [-0.15, -0.1) is 0 Å². The number of aryl methyl sites for hydroxylation is 2. The molecule has 2 nitrogen and oxygen atoms in total. The zero-order valence-corrected chi connectivity index (χ0v) is 12.1. The second kappa shape index (κ2) is 6.60. The second-order valence-corrected chi connectivity index (χ2v) is 6.20. The highest BCUT2D eigenvalue weighted by Gasteiger charge is 2.16. The number of hydrogen-bond acceptors (Lipinski definition) is 3. The first kappa shape index (κ1) is 13.9. The quantitative estimate of drug-likeness (QED) is 0.888. The van der Waals surface area contributed by atoms with Gasteiger partial charge >= 0.3 is 0 Å². The van der Waals surface area contributed by atoms with E-state index in [1.165, 1.54) is 29.5 Å². The van der Waals surface area contributed by atoms with Crippen LogP contribution >= 0.6 is 11.8 Å². The summed E-state index contributed by atoms with van der Waals surface area (Å²) < 4.78 is 5.61. The molecule has 0 aliphatic carbocycles. The molecule has 0 radical (unpaired) electrons. The van der Waals surface area contributed by atoms with Crippen LogP contribution in [0.5, 0.6) is 0 Å². The molecule has 0 aromatic heterocycles. The van der Waals surface area contributed by atoms with Gasteiger partial charge in [-0.3, -0.25) is 0 Å². The van der Waals surface area contributed by atoms with Gasteiger partial charge in [0.25, 0.3) is 0 Å². The van der Waals surface area contributed by atoms with Crippen molar-refractivity contribution >= 4 is 11.8 Å². The van der Waals surface area contributed by atoms with Gasteiger partial charge in [-0.25, -0.2) is 0 Å². The Bertz CT molecular complexity index is 388. The monoisotopic (exact) mass is 265 g/mol. The minimum absolute atomic E-state index is 0.135. The summed E-state index contributed by atoms with van der Waals surface area (Å²) >= 11 is 1.91. The van der Waals surface area contributed by atoms with Crippen molar-refractivity contribution in [2.24, 2.45) is 5.73 Å². The summed E-state index contributed by atoms with van der Waals surface area (Å²) in [6, 6.07) is 6.66. The van der Waals surface area contributed by atoms with Crippen molar-refractivity contribution in [1.29, 1.82) is 0 Å². The number of benzene rings is 1. The second-order valence-electron chi connectivity index (χ2n) is 5.12. The van der Waals surface area contributed by atoms with Crippen LogP contribution < -0.4 is 5.73 Å². The maximum Gasteiger partial charge on any atom is 0.0666 e. The van der Waals surface area contributed by atoms with Gasteiger partial charge in [-0.2, -0.15) is 11.8 Å². The fraction of sp³-hybridized carbons (Fsp3) is 0.600. The first-order valence-corrected chi connectivity index (χ1v) is 7.84. The molecule has 3 heteroatoms. The molecule has 1 aliphatic rings. The predicted octanol–water partition coefficient (Wildman–Crippen LogP) is 3.22. The van der Waals surface area contributed by atoms with Crippen molar-refractivity contribution in [2.75, 3.05) is 18.1 Å². The summed E-state index contributed by atoms with van der Waals surface area (Å²) in [5.41, 5.74) is 10.1. The molecule has 1 fully saturated rings. The van der Waals surface area contributed by atoms with Gasteiger partial charge in [-0.1, -0.05) is 18.2 Å².